The average Bonchev–Trinajstić information content (AvgIpc) is 3.14. The highest BCUT2D eigenvalue weighted by Crippen LogP contribution is 2.60. The van der Waals surface area contributed by atoms with Crippen LogP contribution in [0, 0.1) is 29.1 Å². The number of nitrogens with zero attached hydrogens (tertiary/aromatic N) is 2. The second-order valence-electron chi connectivity index (χ2n) is 12.3. The van der Waals surface area contributed by atoms with Crippen LogP contribution in [0.2, 0.25) is 0 Å². The normalized spacial score (nSPS) is 29.1. The first kappa shape index (κ1) is 26.2. The Kier molecular flexibility index (Phi) is 7.21. The first-order valence-corrected chi connectivity index (χ1v) is 13.1. The van der Waals surface area contributed by atoms with E-state index in [1.165, 1.54) is 6.92 Å². The molecule has 36 heavy (non-hydrogen) atoms. The second kappa shape index (κ2) is 9.90. The van der Waals surface area contributed by atoms with Gasteiger partial charge in [0.15, 0.2) is 0 Å². The zero-order valence-electron chi connectivity index (χ0n) is 22.2. The van der Waals surface area contributed by atoms with Crippen molar-refractivity contribution in [2.24, 2.45) is 34.8 Å². The van der Waals surface area contributed by atoms with E-state index in [4.69, 9.17) is 10.5 Å². The smallest absolute Gasteiger partial charge is 0.404 e. The van der Waals surface area contributed by atoms with Gasteiger partial charge in [-0.1, -0.05) is 13.8 Å². The van der Waals surface area contributed by atoms with Crippen molar-refractivity contribution in [1.82, 2.24) is 20.4 Å². The van der Waals surface area contributed by atoms with Crippen LogP contribution in [0.3, 0.4) is 0 Å². The Morgan fingerprint density at radius 3 is 2.50 bits per heavy atom. The summed E-state index contributed by atoms with van der Waals surface area (Å²) in [4.78, 5) is 36.3. The Bertz CT molecular complexity index is 1030. The SMILES string of the molecule is CC(=O)NC(C)(C)/C=C/n1ncc(C(=O)N[C@H]2C3CC4CC2C[C@](COC(N)=O)(C4)C3)c1CC(C)C. The van der Waals surface area contributed by atoms with Gasteiger partial charge in [-0.2, -0.15) is 5.10 Å². The van der Waals surface area contributed by atoms with Crippen LogP contribution in [-0.2, 0) is 16.0 Å². The van der Waals surface area contributed by atoms with Gasteiger partial charge >= 0.3 is 6.09 Å². The molecule has 9 heteroatoms. The maximum absolute atomic E-state index is 13.6. The predicted molar refractivity (Wildman–Crippen MR) is 137 cm³/mol. The van der Waals surface area contributed by atoms with Gasteiger partial charge in [-0.05, 0) is 82.1 Å². The number of carbonyl (C=O) groups excluding carboxylic acids is 3. The van der Waals surface area contributed by atoms with Gasteiger partial charge in [0.1, 0.15) is 0 Å². The Morgan fingerprint density at radius 2 is 1.92 bits per heavy atom. The Balaban J connectivity index is 1.50. The first-order chi connectivity index (χ1) is 16.9. The third-order valence-corrected chi connectivity index (χ3v) is 8.09. The third kappa shape index (κ3) is 5.76. The van der Waals surface area contributed by atoms with Crippen molar-refractivity contribution in [1.29, 1.82) is 0 Å². The van der Waals surface area contributed by atoms with Crippen LogP contribution in [0.15, 0.2) is 12.3 Å². The molecule has 1 aromatic rings. The largest absolute Gasteiger partial charge is 0.449 e. The molecule has 0 radical (unpaired) electrons. The fourth-order valence-corrected chi connectivity index (χ4v) is 7.11. The predicted octanol–water partition coefficient (Wildman–Crippen LogP) is 3.49. The lowest BCUT2D eigenvalue weighted by atomic mass is 9.48. The number of nitrogens with two attached hydrogens (primary N) is 1. The molecule has 198 valence electrons. The van der Waals surface area contributed by atoms with Gasteiger partial charge < -0.3 is 21.1 Å². The monoisotopic (exact) mass is 499 g/mol. The number of aromatic nitrogens is 2. The second-order valence-corrected chi connectivity index (χ2v) is 12.3. The summed E-state index contributed by atoms with van der Waals surface area (Å²) in [6.45, 7) is 9.95. The van der Waals surface area contributed by atoms with E-state index in [0.717, 1.165) is 37.8 Å². The van der Waals surface area contributed by atoms with E-state index < -0.39 is 11.6 Å². The van der Waals surface area contributed by atoms with Crippen molar-refractivity contribution < 1.29 is 19.1 Å². The third-order valence-electron chi connectivity index (χ3n) is 8.09. The maximum Gasteiger partial charge on any atom is 0.404 e. The van der Waals surface area contributed by atoms with Gasteiger partial charge in [0, 0.05) is 24.6 Å². The highest BCUT2D eigenvalue weighted by Gasteiger charge is 2.56. The lowest BCUT2D eigenvalue weighted by molar-refractivity contribution is -0.120. The number of hydrogen-bond acceptors (Lipinski definition) is 5. The molecule has 2 unspecified atom stereocenters. The molecule has 0 aliphatic heterocycles. The van der Waals surface area contributed by atoms with E-state index in [-0.39, 0.29) is 23.3 Å². The number of rotatable bonds is 9. The lowest BCUT2D eigenvalue weighted by Gasteiger charge is -2.59. The molecule has 1 aromatic heterocycles. The summed E-state index contributed by atoms with van der Waals surface area (Å²) in [7, 11) is 0. The molecule has 3 amide bonds. The van der Waals surface area contributed by atoms with E-state index in [1.54, 1.807) is 10.9 Å². The Hall–Kier alpha value is -2.84. The highest BCUT2D eigenvalue weighted by molar-refractivity contribution is 5.95. The minimum absolute atomic E-state index is 0.00590. The molecular weight excluding hydrogens is 458 g/mol. The molecule has 0 saturated heterocycles. The summed E-state index contributed by atoms with van der Waals surface area (Å²) in [6, 6.07) is 0.125. The molecule has 4 fully saturated rings. The molecule has 4 saturated carbocycles. The minimum atomic E-state index is -0.709. The first-order valence-electron chi connectivity index (χ1n) is 13.1. The molecule has 4 N–H and O–H groups in total. The molecule has 4 bridgehead atoms. The summed E-state index contributed by atoms with van der Waals surface area (Å²) in [6.07, 6.45) is 10.6. The fourth-order valence-electron chi connectivity index (χ4n) is 7.11. The van der Waals surface area contributed by atoms with Crippen molar-refractivity contribution in [2.75, 3.05) is 6.61 Å². The van der Waals surface area contributed by atoms with Gasteiger partial charge in [-0.25, -0.2) is 9.48 Å². The van der Waals surface area contributed by atoms with Gasteiger partial charge in [-0.3, -0.25) is 9.59 Å². The number of hydrogen-bond donors (Lipinski definition) is 3. The van der Waals surface area contributed by atoms with E-state index in [9.17, 15) is 14.4 Å². The van der Waals surface area contributed by atoms with Crippen LogP contribution in [0.4, 0.5) is 4.79 Å². The lowest BCUT2D eigenvalue weighted by Crippen LogP contribution is -2.60. The van der Waals surface area contributed by atoms with Crippen molar-refractivity contribution in [3.63, 3.8) is 0 Å². The topological polar surface area (TPSA) is 128 Å². The van der Waals surface area contributed by atoms with Gasteiger partial charge in [0.2, 0.25) is 5.91 Å². The fraction of sp³-hybridized carbons (Fsp3) is 0.704. The molecule has 0 aromatic carbocycles. The van der Waals surface area contributed by atoms with Gasteiger partial charge in [-0.15, -0.1) is 0 Å². The van der Waals surface area contributed by atoms with Crippen LogP contribution < -0.4 is 16.4 Å². The van der Waals surface area contributed by atoms with Crippen LogP contribution in [-0.4, -0.2) is 45.9 Å². The minimum Gasteiger partial charge on any atom is -0.449 e. The van der Waals surface area contributed by atoms with E-state index >= 15 is 0 Å². The Labute approximate surface area is 213 Å². The van der Waals surface area contributed by atoms with Crippen molar-refractivity contribution in [3.8, 4) is 0 Å². The van der Waals surface area contributed by atoms with Gasteiger partial charge in [0.25, 0.3) is 5.91 Å². The van der Waals surface area contributed by atoms with Crippen LogP contribution in [0.1, 0.15) is 82.8 Å². The van der Waals surface area contributed by atoms with Crippen LogP contribution >= 0.6 is 0 Å². The number of primary amides is 1. The van der Waals surface area contributed by atoms with Crippen molar-refractivity contribution >= 4 is 24.1 Å². The molecule has 0 spiro atoms. The zero-order chi connectivity index (χ0) is 26.3. The summed E-state index contributed by atoms with van der Waals surface area (Å²) in [5, 5.41) is 10.8. The summed E-state index contributed by atoms with van der Waals surface area (Å²) in [5.74, 6) is 1.56. The zero-order valence-corrected chi connectivity index (χ0v) is 22.2. The molecule has 5 rings (SSSR count). The average molecular weight is 500 g/mol. The molecule has 4 aliphatic rings. The van der Waals surface area contributed by atoms with Gasteiger partial charge in [0.05, 0.1) is 29.6 Å². The van der Waals surface area contributed by atoms with Crippen molar-refractivity contribution in [2.45, 2.75) is 84.7 Å². The molecule has 9 nitrogen and oxygen atoms in total. The van der Waals surface area contributed by atoms with E-state index in [2.05, 4.69) is 29.6 Å². The van der Waals surface area contributed by atoms with Crippen LogP contribution in [0.25, 0.3) is 6.20 Å². The number of nitrogens with one attached hydrogen (secondary N) is 2. The molecular formula is C27H41N5O4. The number of amides is 3. The molecule has 1 heterocycles. The standard InChI is InChI=1S/C27H41N5O4/c1-16(2)8-22-21(14-29-32(22)7-6-26(4,5)31-17(3)33)24(34)30-23-19-9-18-10-20(23)13-27(11-18,12-19)15-36-25(28)35/h6-7,14,16,18-20,23H,8-13,15H2,1-5H3,(H2,28,35)(H,30,34)(H,31,33)/b7-6+/t18?,19?,20?,23-,27-. The highest BCUT2D eigenvalue weighted by atomic mass is 16.5. The maximum atomic E-state index is 13.6. The van der Waals surface area contributed by atoms with Crippen molar-refractivity contribution in [3.05, 3.63) is 23.5 Å². The van der Waals surface area contributed by atoms with E-state index in [1.807, 2.05) is 26.1 Å². The number of ether oxygens (including phenoxy) is 1. The number of carbonyl (C=O) groups is 3. The summed E-state index contributed by atoms with van der Waals surface area (Å²) in [5.41, 5.74) is 6.19. The summed E-state index contributed by atoms with van der Waals surface area (Å²) < 4.78 is 7.00. The summed E-state index contributed by atoms with van der Waals surface area (Å²) >= 11 is 0. The molecule has 2 atom stereocenters. The van der Waals surface area contributed by atoms with Crippen LogP contribution in [0.5, 0.6) is 0 Å². The molecule has 4 aliphatic carbocycles. The Morgan fingerprint density at radius 1 is 1.25 bits per heavy atom. The quantitative estimate of drug-likeness (QED) is 0.479. The van der Waals surface area contributed by atoms with E-state index in [0.29, 0.717) is 42.3 Å².